The van der Waals surface area contributed by atoms with Crippen molar-refractivity contribution in [3.05, 3.63) is 23.8 Å². The Hall–Kier alpha value is -1.22. The lowest BCUT2D eigenvalue weighted by molar-refractivity contribution is 0.131. The van der Waals surface area contributed by atoms with Crippen molar-refractivity contribution < 1.29 is 4.74 Å². The lowest BCUT2D eigenvalue weighted by atomic mass is 9.86. The van der Waals surface area contributed by atoms with Crippen LogP contribution in [-0.4, -0.2) is 31.8 Å². The third-order valence-electron chi connectivity index (χ3n) is 4.70. The van der Waals surface area contributed by atoms with E-state index < -0.39 is 0 Å². The largest absolute Gasteiger partial charge is 0.488 e. The first-order chi connectivity index (χ1) is 9.87. The lowest BCUT2D eigenvalue weighted by Gasteiger charge is -2.26. The van der Waals surface area contributed by atoms with Gasteiger partial charge in [-0.2, -0.15) is 0 Å². The van der Waals surface area contributed by atoms with Crippen LogP contribution in [0.3, 0.4) is 0 Å². The molecular weight excluding hydrogens is 260 g/mol. The van der Waals surface area contributed by atoms with Crippen LogP contribution in [-0.2, 0) is 0 Å². The van der Waals surface area contributed by atoms with Crippen molar-refractivity contribution in [1.29, 1.82) is 0 Å². The second-order valence-corrected chi connectivity index (χ2v) is 7.76. The monoisotopic (exact) mass is 288 g/mol. The minimum absolute atomic E-state index is 0.138. The van der Waals surface area contributed by atoms with Crippen LogP contribution >= 0.6 is 0 Å². The Kier molecular flexibility index (Phi) is 3.64. The highest BCUT2D eigenvalue weighted by atomic mass is 16.5. The molecule has 3 heteroatoms. The molecule has 1 atom stereocenters. The third-order valence-corrected chi connectivity index (χ3v) is 4.70. The molecule has 2 saturated heterocycles. The standard InChI is InChI=1S/C18H28N2O/c1-14-11-15(21-17(2,3)4)5-6-16(14)20-10-8-18(13-20)7-9-19-12-18/h5-6,11,19H,7-10,12-13H2,1-4H3. The van der Waals surface area contributed by atoms with Crippen LogP contribution in [0, 0.1) is 12.3 Å². The summed E-state index contributed by atoms with van der Waals surface area (Å²) in [4.78, 5) is 2.56. The predicted octanol–water partition coefficient (Wildman–Crippen LogP) is 3.36. The second kappa shape index (κ2) is 5.20. The van der Waals surface area contributed by atoms with Crippen molar-refractivity contribution in [1.82, 2.24) is 5.32 Å². The van der Waals surface area contributed by atoms with E-state index in [1.165, 1.54) is 50.3 Å². The van der Waals surface area contributed by atoms with Crippen molar-refractivity contribution in [2.75, 3.05) is 31.1 Å². The summed E-state index contributed by atoms with van der Waals surface area (Å²) in [5.74, 6) is 0.972. The van der Waals surface area contributed by atoms with Gasteiger partial charge in [-0.1, -0.05) is 0 Å². The van der Waals surface area contributed by atoms with Gasteiger partial charge in [-0.25, -0.2) is 0 Å². The van der Waals surface area contributed by atoms with E-state index in [4.69, 9.17) is 4.74 Å². The first-order valence-electron chi connectivity index (χ1n) is 8.12. The molecule has 0 saturated carbocycles. The van der Waals surface area contributed by atoms with Crippen LogP contribution in [0.5, 0.6) is 5.75 Å². The minimum atomic E-state index is -0.138. The second-order valence-electron chi connectivity index (χ2n) is 7.76. The molecule has 0 aliphatic carbocycles. The smallest absolute Gasteiger partial charge is 0.120 e. The van der Waals surface area contributed by atoms with E-state index in [-0.39, 0.29) is 5.60 Å². The SMILES string of the molecule is Cc1cc(OC(C)(C)C)ccc1N1CCC2(CCNC2)C1. The molecule has 3 nitrogen and oxygen atoms in total. The molecule has 21 heavy (non-hydrogen) atoms. The van der Waals surface area contributed by atoms with Gasteiger partial charge in [0, 0.05) is 30.7 Å². The van der Waals surface area contributed by atoms with Gasteiger partial charge in [0.2, 0.25) is 0 Å². The molecule has 3 rings (SSSR count). The zero-order valence-electron chi connectivity index (χ0n) is 13.8. The van der Waals surface area contributed by atoms with Crippen molar-refractivity contribution in [3.8, 4) is 5.75 Å². The van der Waals surface area contributed by atoms with E-state index in [9.17, 15) is 0 Å². The molecular formula is C18H28N2O. The highest BCUT2D eigenvalue weighted by molar-refractivity contribution is 5.57. The molecule has 0 bridgehead atoms. The molecule has 0 radical (unpaired) electrons. The summed E-state index contributed by atoms with van der Waals surface area (Å²) < 4.78 is 5.96. The number of nitrogens with zero attached hydrogens (tertiary/aromatic N) is 1. The van der Waals surface area contributed by atoms with Crippen molar-refractivity contribution >= 4 is 5.69 Å². The van der Waals surface area contributed by atoms with Crippen LogP contribution in [0.1, 0.15) is 39.2 Å². The molecule has 1 spiro atoms. The summed E-state index contributed by atoms with van der Waals surface area (Å²) in [6.45, 7) is 13.2. The molecule has 1 aromatic carbocycles. The van der Waals surface area contributed by atoms with Gasteiger partial charge in [0.25, 0.3) is 0 Å². The van der Waals surface area contributed by atoms with Gasteiger partial charge < -0.3 is 15.0 Å². The Morgan fingerprint density at radius 1 is 1.24 bits per heavy atom. The summed E-state index contributed by atoms with van der Waals surface area (Å²) in [5, 5.41) is 3.53. The molecule has 1 aromatic rings. The Morgan fingerprint density at radius 2 is 2.05 bits per heavy atom. The van der Waals surface area contributed by atoms with Crippen LogP contribution in [0.4, 0.5) is 5.69 Å². The van der Waals surface area contributed by atoms with Gasteiger partial charge in [0.15, 0.2) is 0 Å². The lowest BCUT2D eigenvalue weighted by Crippen LogP contribution is -2.29. The summed E-state index contributed by atoms with van der Waals surface area (Å²) >= 11 is 0. The van der Waals surface area contributed by atoms with E-state index in [1.54, 1.807) is 0 Å². The number of nitrogens with one attached hydrogen (secondary N) is 1. The number of hydrogen-bond donors (Lipinski definition) is 1. The molecule has 2 aliphatic heterocycles. The maximum Gasteiger partial charge on any atom is 0.120 e. The zero-order chi connectivity index (χ0) is 15.1. The van der Waals surface area contributed by atoms with Crippen LogP contribution in [0.25, 0.3) is 0 Å². The average molecular weight is 288 g/mol. The van der Waals surface area contributed by atoms with Crippen LogP contribution in [0.2, 0.25) is 0 Å². The van der Waals surface area contributed by atoms with Crippen molar-refractivity contribution in [2.24, 2.45) is 5.41 Å². The number of ether oxygens (including phenoxy) is 1. The van der Waals surface area contributed by atoms with Crippen LogP contribution < -0.4 is 15.0 Å². The number of benzene rings is 1. The topological polar surface area (TPSA) is 24.5 Å². The summed E-state index contributed by atoms with van der Waals surface area (Å²) in [6, 6.07) is 6.53. The first-order valence-corrected chi connectivity index (χ1v) is 8.12. The van der Waals surface area contributed by atoms with Crippen molar-refractivity contribution in [3.63, 3.8) is 0 Å². The predicted molar refractivity (Wildman–Crippen MR) is 88.3 cm³/mol. The van der Waals surface area contributed by atoms with Gasteiger partial charge in [0.05, 0.1) is 0 Å². The van der Waals surface area contributed by atoms with Crippen LogP contribution in [0.15, 0.2) is 18.2 Å². The third kappa shape index (κ3) is 3.18. The molecule has 116 valence electrons. The van der Waals surface area contributed by atoms with E-state index in [2.05, 4.69) is 56.1 Å². The Balaban J connectivity index is 1.74. The van der Waals surface area contributed by atoms with Gasteiger partial charge in [-0.05, 0) is 70.8 Å². The van der Waals surface area contributed by atoms with E-state index >= 15 is 0 Å². The molecule has 2 aliphatic rings. The normalized spacial score (nSPS) is 25.8. The summed E-state index contributed by atoms with van der Waals surface area (Å²) in [7, 11) is 0. The van der Waals surface area contributed by atoms with Gasteiger partial charge in [-0.3, -0.25) is 0 Å². The number of rotatable bonds is 2. The van der Waals surface area contributed by atoms with Crippen molar-refractivity contribution in [2.45, 2.75) is 46.1 Å². The highest BCUT2D eigenvalue weighted by Gasteiger charge is 2.40. The molecule has 0 aromatic heterocycles. The minimum Gasteiger partial charge on any atom is -0.488 e. The molecule has 1 N–H and O–H groups in total. The number of aryl methyl sites for hydroxylation is 1. The van der Waals surface area contributed by atoms with E-state index in [0.717, 1.165) is 5.75 Å². The fourth-order valence-electron chi connectivity index (χ4n) is 3.68. The average Bonchev–Trinajstić information content (AvgIpc) is 2.99. The Morgan fingerprint density at radius 3 is 2.67 bits per heavy atom. The highest BCUT2D eigenvalue weighted by Crippen LogP contribution is 2.39. The Bertz CT molecular complexity index is 512. The maximum absolute atomic E-state index is 5.96. The zero-order valence-corrected chi connectivity index (χ0v) is 13.8. The van der Waals surface area contributed by atoms with E-state index in [0.29, 0.717) is 5.41 Å². The first kappa shape index (κ1) is 14.7. The maximum atomic E-state index is 5.96. The molecule has 0 amide bonds. The fourth-order valence-corrected chi connectivity index (χ4v) is 3.68. The molecule has 2 fully saturated rings. The number of hydrogen-bond acceptors (Lipinski definition) is 3. The summed E-state index contributed by atoms with van der Waals surface area (Å²) in [6.07, 6.45) is 2.65. The quantitative estimate of drug-likeness (QED) is 0.903. The van der Waals surface area contributed by atoms with E-state index in [1.807, 2.05) is 0 Å². The van der Waals surface area contributed by atoms with Gasteiger partial charge in [-0.15, -0.1) is 0 Å². The van der Waals surface area contributed by atoms with Gasteiger partial charge in [0.1, 0.15) is 11.4 Å². The van der Waals surface area contributed by atoms with Gasteiger partial charge >= 0.3 is 0 Å². The molecule has 2 heterocycles. The molecule has 1 unspecified atom stereocenters. The Labute approximate surface area is 128 Å². The fraction of sp³-hybridized carbons (Fsp3) is 0.667. The summed E-state index contributed by atoms with van der Waals surface area (Å²) in [5.41, 5.74) is 3.08. The number of anilines is 1.